The molecule has 0 aliphatic carbocycles. The molecule has 4 aromatic rings. The fourth-order valence-corrected chi connectivity index (χ4v) is 7.36. The van der Waals surface area contributed by atoms with Gasteiger partial charge < -0.3 is 14.8 Å². The summed E-state index contributed by atoms with van der Waals surface area (Å²) in [5.74, 6) is 1.01. The van der Waals surface area contributed by atoms with Gasteiger partial charge in [-0.05, 0) is 91.4 Å². The van der Waals surface area contributed by atoms with Gasteiger partial charge in [-0.15, -0.1) is 0 Å². The summed E-state index contributed by atoms with van der Waals surface area (Å²) in [5, 5.41) is 2.97. The number of fused-ring (bicyclic) bond motifs is 1. The van der Waals surface area contributed by atoms with Gasteiger partial charge in [-0.25, -0.2) is 4.99 Å². The number of para-hydroxylation sites is 1. The number of halogens is 2. The predicted octanol–water partition coefficient (Wildman–Crippen LogP) is 6.04. The summed E-state index contributed by atoms with van der Waals surface area (Å²) in [7, 11) is 1.59. The minimum Gasteiger partial charge on any atom is -0.497 e. The van der Waals surface area contributed by atoms with Gasteiger partial charge in [-0.1, -0.05) is 57.6 Å². The second-order valence-electron chi connectivity index (χ2n) is 9.65. The first kappa shape index (κ1) is 29.3. The minimum absolute atomic E-state index is 0.0422. The number of ether oxygens (including phenoxy) is 2. The van der Waals surface area contributed by atoms with Gasteiger partial charge >= 0.3 is 0 Å². The molecular formula is C31H27BrIN3O4S. The highest BCUT2D eigenvalue weighted by Gasteiger charge is 2.33. The van der Waals surface area contributed by atoms with Crippen molar-refractivity contribution in [1.29, 1.82) is 0 Å². The van der Waals surface area contributed by atoms with Crippen molar-refractivity contribution in [1.82, 2.24) is 4.57 Å². The molecule has 0 radical (unpaired) electrons. The number of hydrogen-bond donors (Lipinski definition) is 1. The maximum absolute atomic E-state index is 14.1. The van der Waals surface area contributed by atoms with Crippen molar-refractivity contribution in [2.75, 3.05) is 12.4 Å². The van der Waals surface area contributed by atoms with Gasteiger partial charge in [0.05, 0.1) is 38.6 Å². The monoisotopic (exact) mass is 743 g/mol. The Bertz CT molecular complexity index is 1850. The fraction of sp³-hybridized carbons (Fsp3) is 0.194. The van der Waals surface area contributed by atoms with Crippen LogP contribution in [0.15, 0.2) is 92.3 Å². The summed E-state index contributed by atoms with van der Waals surface area (Å²) < 4.78 is 15.5. The van der Waals surface area contributed by atoms with Crippen molar-refractivity contribution in [2.45, 2.75) is 32.9 Å². The van der Waals surface area contributed by atoms with E-state index in [1.807, 2.05) is 86.7 Å². The second-order valence-corrected chi connectivity index (χ2v) is 12.7. The van der Waals surface area contributed by atoms with E-state index in [9.17, 15) is 9.59 Å². The number of carbonyl (C=O) groups is 1. The summed E-state index contributed by atoms with van der Waals surface area (Å²) in [5.41, 5.74) is 2.86. The van der Waals surface area contributed by atoms with E-state index in [2.05, 4.69) is 43.8 Å². The maximum Gasteiger partial charge on any atom is 0.271 e. The standard InChI is InChI=1S/C31H27BrIN3O4S/c1-17(2)40-28-20(13-21(32)16-24(28)33)15-25-30(38)36-27(19-9-8-12-23(14-19)39-4)26(18(3)34-31(36)41-25)29(37)35-22-10-6-5-7-11-22/h5-17,27H,1-4H3,(H,35,37)/b25-15-/t27-/m1/s1. The van der Waals surface area contributed by atoms with Crippen LogP contribution in [0.5, 0.6) is 11.5 Å². The Labute approximate surface area is 263 Å². The highest BCUT2D eigenvalue weighted by atomic mass is 127. The summed E-state index contributed by atoms with van der Waals surface area (Å²) in [6.07, 6.45) is 1.79. The lowest BCUT2D eigenvalue weighted by Gasteiger charge is -2.25. The Kier molecular flexibility index (Phi) is 8.81. The van der Waals surface area contributed by atoms with E-state index >= 15 is 0 Å². The predicted molar refractivity (Wildman–Crippen MR) is 174 cm³/mol. The first-order valence-corrected chi connectivity index (χ1v) is 15.5. The number of aromatic nitrogens is 1. The van der Waals surface area contributed by atoms with Gasteiger partial charge in [0.2, 0.25) is 0 Å². The van der Waals surface area contributed by atoms with Crippen LogP contribution in [-0.2, 0) is 4.79 Å². The molecule has 0 saturated heterocycles. The average molecular weight is 744 g/mol. The lowest BCUT2D eigenvalue weighted by atomic mass is 9.95. The van der Waals surface area contributed by atoms with Gasteiger partial charge in [0.15, 0.2) is 4.80 Å². The Morgan fingerprint density at radius 2 is 1.90 bits per heavy atom. The zero-order chi connectivity index (χ0) is 29.3. The molecule has 41 heavy (non-hydrogen) atoms. The number of nitrogens with zero attached hydrogens (tertiary/aromatic N) is 2. The van der Waals surface area contributed by atoms with Gasteiger partial charge in [-0.3, -0.25) is 14.2 Å². The smallest absolute Gasteiger partial charge is 0.271 e. The molecule has 5 rings (SSSR count). The zero-order valence-electron chi connectivity index (χ0n) is 22.8. The van der Waals surface area contributed by atoms with Crippen molar-refractivity contribution in [2.24, 2.45) is 4.99 Å². The largest absolute Gasteiger partial charge is 0.497 e. The van der Waals surface area contributed by atoms with Crippen molar-refractivity contribution < 1.29 is 14.3 Å². The van der Waals surface area contributed by atoms with E-state index in [4.69, 9.17) is 14.5 Å². The van der Waals surface area contributed by atoms with E-state index in [1.165, 1.54) is 11.3 Å². The van der Waals surface area contributed by atoms with Gasteiger partial charge in [0, 0.05) is 15.7 Å². The number of nitrogens with one attached hydrogen (secondary N) is 1. The molecule has 1 aliphatic rings. The fourth-order valence-electron chi connectivity index (χ4n) is 4.65. The number of allylic oxidation sites excluding steroid dienone is 1. The van der Waals surface area contributed by atoms with Crippen LogP contribution in [-0.4, -0.2) is 23.7 Å². The number of thiazole rings is 1. The zero-order valence-corrected chi connectivity index (χ0v) is 27.3. The van der Waals surface area contributed by atoms with E-state index in [-0.39, 0.29) is 17.6 Å². The molecule has 0 spiro atoms. The molecule has 1 N–H and O–H groups in total. The number of amides is 1. The lowest BCUT2D eigenvalue weighted by molar-refractivity contribution is -0.113. The first-order valence-electron chi connectivity index (χ1n) is 12.8. The first-order chi connectivity index (χ1) is 19.7. The maximum atomic E-state index is 14.1. The molecule has 1 aromatic heterocycles. The number of benzene rings is 3. The molecule has 1 amide bonds. The van der Waals surface area contributed by atoms with Crippen LogP contribution in [0.2, 0.25) is 0 Å². The SMILES string of the molecule is COc1cccc([C@@H]2C(C(=O)Nc3ccccc3)=C(C)N=c3s/c(=C\c4cc(Br)cc(I)c4OC(C)C)c(=O)n32)c1. The van der Waals surface area contributed by atoms with E-state index < -0.39 is 6.04 Å². The summed E-state index contributed by atoms with van der Waals surface area (Å²) in [6, 6.07) is 19.9. The number of carbonyl (C=O) groups excluding carboxylic acids is 1. The molecule has 0 fully saturated rings. The van der Waals surface area contributed by atoms with Crippen LogP contribution in [0.3, 0.4) is 0 Å². The van der Waals surface area contributed by atoms with Crippen LogP contribution in [0.4, 0.5) is 5.69 Å². The highest BCUT2D eigenvalue weighted by molar-refractivity contribution is 14.1. The molecule has 10 heteroatoms. The summed E-state index contributed by atoms with van der Waals surface area (Å²) in [4.78, 5) is 33.1. The Morgan fingerprint density at radius 1 is 1.15 bits per heavy atom. The van der Waals surface area contributed by atoms with E-state index in [0.717, 1.165) is 19.2 Å². The topological polar surface area (TPSA) is 81.9 Å². The number of hydrogen-bond acceptors (Lipinski definition) is 6. The Hall–Kier alpha value is -3.22. The van der Waals surface area contributed by atoms with Crippen molar-refractivity contribution in [3.8, 4) is 11.5 Å². The van der Waals surface area contributed by atoms with Crippen molar-refractivity contribution in [3.63, 3.8) is 0 Å². The molecule has 0 bridgehead atoms. The number of methoxy groups -OCH3 is 1. The van der Waals surface area contributed by atoms with Crippen molar-refractivity contribution >= 4 is 67.5 Å². The molecule has 0 unspecified atom stereocenters. The molecule has 1 atom stereocenters. The Morgan fingerprint density at radius 3 is 2.61 bits per heavy atom. The normalized spacial score (nSPS) is 15.0. The second kappa shape index (κ2) is 12.3. The minimum atomic E-state index is -0.707. The molecular weight excluding hydrogens is 717 g/mol. The van der Waals surface area contributed by atoms with Crippen LogP contribution in [0.25, 0.3) is 6.08 Å². The van der Waals surface area contributed by atoms with Crippen LogP contribution in [0, 0.1) is 3.57 Å². The third-order valence-electron chi connectivity index (χ3n) is 6.38. The average Bonchev–Trinajstić information content (AvgIpc) is 3.24. The lowest BCUT2D eigenvalue weighted by Crippen LogP contribution is -2.40. The van der Waals surface area contributed by atoms with Crippen molar-refractivity contribution in [3.05, 3.63) is 117 Å². The summed E-state index contributed by atoms with van der Waals surface area (Å²) >= 11 is 7.09. The van der Waals surface area contributed by atoms with Crippen LogP contribution < -0.4 is 29.7 Å². The third-order valence-corrected chi connectivity index (χ3v) is 8.63. The van der Waals surface area contributed by atoms with Gasteiger partial charge in [0.1, 0.15) is 11.5 Å². The van der Waals surface area contributed by atoms with Gasteiger partial charge in [0.25, 0.3) is 11.5 Å². The molecule has 0 saturated carbocycles. The van der Waals surface area contributed by atoms with E-state index in [0.29, 0.717) is 37.8 Å². The molecule has 7 nitrogen and oxygen atoms in total. The quantitative estimate of drug-likeness (QED) is 0.235. The molecule has 210 valence electrons. The molecule has 3 aromatic carbocycles. The van der Waals surface area contributed by atoms with Gasteiger partial charge in [-0.2, -0.15) is 0 Å². The van der Waals surface area contributed by atoms with E-state index in [1.54, 1.807) is 18.6 Å². The number of rotatable bonds is 7. The van der Waals surface area contributed by atoms with Crippen LogP contribution in [0.1, 0.15) is 37.9 Å². The highest BCUT2D eigenvalue weighted by Crippen LogP contribution is 2.33. The number of anilines is 1. The summed E-state index contributed by atoms with van der Waals surface area (Å²) in [6.45, 7) is 5.73. The third kappa shape index (κ3) is 6.19. The Balaban J connectivity index is 1.71. The molecule has 2 heterocycles. The molecule has 1 aliphatic heterocycles. The van der Waals surface area contributed by atoms with Crippen LogP contribution >= 0.6 is 49.9 Å².